The lowest BCUT2D eigenvalue weighted by atomic mass is 9.88. The average molecular weight is 415 g/mol. The van der Waals surface area contributed by atoms with Crippen LogP contribution in [-0.4, -0.2) is 5.97 Å². The molecule has 0 heterocycles. The van der Waals surface area contributed by atoms with Crippen molar-refractivity contribution in [3.63, 3.8) is 0 Å². The number of hydrogen-bond acceptors (Lipinski definition) is 2. The van der Waals surface area contributed by atoms with Gasteiger partial charge in [-0.3, -0.25) is 0 Å². The van der Waals surface area contributed by atoms with Gasteiger partial charge in [0.15, 0.2) is 0 Å². The second kappa shape index (κ2) is 8.16. The predicted octanol–water partition coefficient (Wildman–Crippen LogP) is 7.81. The molecule has 5 aromatic rings. The molecule has 0 N–H and O–H groups in total. The largest absolute Gasteiger partial charge is 0.423 e. The molecule has 0 saturated heterocycles. The predicted molar refractivity (Wildman–Crippen MR) is 133 cm³/mol. The molecule has 0 aliphatic heterocycles. The Morgan fingerprint density at radius 2 is 1.22 bits per heavy atom. The molecule has 0 bridgehead atoms. The minimum atomic E-state index is -0.425. The minimum absolute atomic E-state index is 0.368. The lowest BCUT2D eigenvalue weighted by molar-refractivity contribution is -0.129. The van der Waals surface area contributed by atoms with Crippen molar-refractivity contribution in [2.75, 3.05) is 0 Å². The minimum Gasteiger partial charge on any atom is -0.423 e. The van der Waals surface area contributed by atoms with Crippen molar-refractivity contribution in [3.05, 3.63) is 115 Å². The summed E-state index contributed by atoms with van der Waals surface area (Å²) in [7, 11) is 0. The summed E-state index contributed by atoms with van der Waals surface area (Å²) in [5.74, 6) is 0.114. The van der Waals surface area contributed by atoms with Crippen molar-refractivity contribution in [3.8, 4) is 28.0 Å². The van der Waals surface area contributed by atoms with Crippen LogP contribution in [-0.2, 0) is 4.79 Å². The van der Waals surface area contributed by atoms with E-state index in [2.05, 4.69) is 55.1 Å². The molecule has 32 heavy (non-hydrogen) atoms. The van der Waals surface area contributed by atoms with Crippen molar-refractivity contribution in [1.29, 1.82) is 0 Å². The van der Waals surface area contributed by atoms with E-state index in [0.717, 1.165) is 43.8 Å². The van der Waals surface area contributed by atoms with Crippen LogP contribution in [0.3, 0.4) is 0 Å². The average Bonchev–Trinajstić information content (AvgIpc) is 2.83. The Morgan fingerprint density at radius 3 is 1.81 bits per heavy atom. The van der Waals surface area contributed by atoms with E-state index in [1.165, 1.54) is 0 Å². The first-order valence-electron chi connectivity index (χ1n) is 10.6. The summed E-state index contributed by atoms with van der Waals surface area (Å²) in [5.41, 5.74) is 4.68. The molecule has 0 aliphatic rings. The zero-order valence-corrected chi connectivity index (χ0v) is 17.8. The highest BCUT2D eigenvalue weighted by Gasteiger charge is 2.19. The summed E-state index contributed by atoms with van der Waals surface area (Å²) in [6, 6.07) is 35.1. The molecule has 0 atom stereocenters. The molecule has 2 heteroatoms. The number of fused-ring (bicyclic) bond motifs is 2. The Hall–Kier alpha value is -4.17. The fraction of sp³-hybridized carbons (Fsp3) is 0.0333. The lowest BCUT2D eigenvalue weighted by Gasteiger charge is -2.18. The summed E-state index contributed by atoms with van der Waals surface area (Å²) in [6.07, 6.45) is 0. The molecule has 2 nitrogen and oxygen atoms in total. The maximum Gasteiger partial charge on any atom is 0.338 e. The van der Waals surface area contributed by atoms with Crippen LogP contribution in [0.25, 0.3) is 43.8 Å². The van der Waals surface area contributed by atoms with Crippen molar-refractivity contribution in [1.82, 2.24) is 0 Å². The van der Waals surface area contributed by atoms with Crippen molar-refractivity contribution >= 4 is 27.5 Å². The Balaban J connectivity index is 1.93. The van der Waals surface area contributed by atoms with Gasteiger partial charge in [-0.15, -0.1) is 0 Å². The number of carbonyl (C=O) groups excluding carboxylic acids is 1. The van der Waals surface area contributed by atoms with Gasteiger partial charge in [-0.1, -0.05) is 91.5 Å². The van der Waals surface area contributed by atoms with E-state index in [1.54, 1.807) is 6.92 Å². The Labute approximate surface area is 187 Å². The van der Waals surface area contributed by atoms with Gasteiger partial charge < -0.3 is 4.74 Å². The number of hydrogen-bond donors (Lipinski definition) is 0. The first kappa shape index (κ1) is 19.8. The van der Waals surface area contributed by atoms with Crippen LogP contribution >= 0.6 is 0 Å². The highest BCUT2D eigenvalue weighted by Crippen LogP contribution is 2.44. The van der Waals surface area contributed by atoms with Gasteiger partial charge in [-0.2, -0.15) is 0 Å². The number of ether oxygens (including phenoxy) is 1. The van der Waals surface area contributed by atoms with Crippen molar-refractivity contribution in [2.24, 2.45) is 0 Å². The van der Waals surface area contributed by atoms with Crippen molar-refractivity contribution < 1.29 is 9.53 Å². The molecular weight excluding hydrogens is 392 g/mol. The second-order valence-corrected chi connectivity index (χ2v) is 7.94. The van der Waals surface area contributed by atoms with E-state index in [-0.39, 0.29) is 0 Å². The standard InChI is InChI=1S/C30H22O2/c1-20(2)30(31)32-28-19-25(21-11-5-3-6-12-21)29(22-13-7-4-8-14-22)27-18-24-16-10-9-15-23(24)17-26(27)28/h3-19H,1H2,2H3. The van der Waals surface area contributed by atoms with Crippen LogP contribution in [0.1, 0.15) is 6.92 Å². The molecule has 5 rings (SSSR count). The van der Waals surface area contributed by atoms with Crippen LogP contribution in [0.2, 0.25) is 0 Å². The van der Waals surface area contributed by atoms with Crippen LogP contribution in [0.5, 0.6) is 5.75 Å². The van der Waals surface area contributed by atoms with Gasteiger partial charge in [0, 0.05) is 11.0 Å². The Morgan fingerprint density at radius 1 is 0.688 bits per heavy atom. The van der Waals surface area contributed by atoms with E-state index in [9.17, 15) is 4.79 Å². The first-order chi connectivity index (χ1) is 15.6. The fourth-order valence-electron chi connectivity index (χ4n) is 4.11. The molecule has 0 amide bonds. The summed E-state index contributed by atoms with van der Waals surface area (Å²) in [6.45, 7) is 5.42. The SMILES string of the molecule is C=C(C)C(=O)Oc1cc(-c2ccccc2)c(-c2ccccc2)c2cc3ccccc3cc12. The smallest absolute Gasteiger partial charge is 0.338 e. The van der Waals surface area contributed by atoms with E-state index < -0.39 is 5.97 Å². The highest BCUT2D eigenvalue weighted by molar-refractivity contribution is 6.12. The molecular formula is C30H22O2. The molecule has 0 aromatic heterocycles. The number of rotatable bonds is 4. The van der Waals surface area contributed by atoms with Gasteiger partial charge >= 0.3 is 5.97 Å². The highest BCUT2D eigenvalue weighted by atomic mass is 16.5. The monoisotopic (exact) mass is 414 g/mol. The summed E-state index contributed by atoms with van der Waals surface area (Å²) < 4.78 is 5.85. The maximum atomic E-state index is 12.5. The zero-order valence-electron chi connectivity index (χ0n) is 17.8. The van der Waals surface area contributed by atoms with E-state index in [0.29, 0.717) is 11.3 Å². The third-order valence-electron chi connectivity index (χ3n) is 5.66. The zero-order chi connectivity index (χ0) is 22.1. The molecule has 5 aromatic carbocycles. The van der Waals surface area contributed by atoms with Gasteiger partial charge in [-0.25, -0.2) is 4.79 Å². The summed E-state index contributed by atoms with van der Waals surface area (Å²) in [4.78, 5) is 12.5. The molecule has 0 saturated carbocycles. The molecule has 0 spiro atoms. The first-order valence-corrected chi connectivity index (χ1v) is 10.6. The van der Waals surface area contributed by atoms with Gasteiger partial charge in [0.25, 0.3) is 0 Å². The van der Waals surface area contributed by atoms with E-state index in [4.69, 9.17) is 4.74 Å². The third kappa shape index (κ3) is 3.57. The van der Waals surface area contributed by atoms with Gasteiger partial charge in [0.05, 0.1) is 0 Å². The summed E-state index contributed by atoms with van der Waals surface area (Å²) in [5, 5.41) is 4.18. The molecule has 0 unspecified atom stereocenters. The number of benzene rings is 5. The summed E-state index contributed by atoms with van der Waals surface area (Å²) >= 11 is 0. The topological polar surface area (TPSA) is 26.3 Å². The fourth-order valence-corrected chi connectivity index (χ4v) is 4.11. The normalized spacial score (nSPS) is 10.9. The number of esters is 1. The second-order valence-electron chi connectivity index (χ2n) is 7.94. The third-order valence-corrected chi connectivity index (χ3v) is 5.66. The van der Waals surface area contributed by atoms with Crippen LogP contribution in [0.15, 0.2) is 115 Å². The Kier molecular flexibility index (Phi) is 5.04. The lowest BCUT2D eigenvalue weighted by Crippen LogP contribution is -2.09. The molecule has 0 fully saturated rings. The molecule has 0 aliphatic carbocycles. The van der Waals surface area contributed by atoms with E-state index in [1.807, 2.05) is 54.6 Å². The van der Waals surface area contributed by atoms with Crippen LogP contribution < -0.4 is 4.74 Å². The van der Waals surface area contributed by atoms with Gasteiger partial charge in [-0.05, 0) is 63.5 Å². The van der Waals surface area contributed by atoms with Gasteiger partial charge in [0.2, 0.25) is 0 Å². The quantitative estimate of drug-likeness (QED) is 0.130. The van der Waals surface area contributed by atoms with E-state index >= 15 is 0 Å². The Bertz CT molecular complexity index is 1470. The molecule has 0 radical (unpaired) electrons. The van der Waals surface area contributed by atoms with Gasteiger partial charge in [0.1, 0.15) is 5.75 Å². The van der Waals surface area contributed by atoms with Crippen molar-refractivity contribution in [2.45, 2.75) is 6.92 Å². The van der Waals surface area contributed by atoms with Crippen LogP contribution in [0.4, 0.5) is 0 Å². The maximum absolute atomic E-state index is 12.5. The molecule has 154 valence electrons. The van der Waals surface area contributed by atoms with Crippen LogP contribution in [0, 0.1) is 0 Å². The number of carbonyl (C=O) groups is 1.